The van der Waals surface area contributed by atoms with Gasteiger partial charge in [0.2, 0.25) is 0 Å². The van der Waals surface area contributed by atoms with Crippen LogP contribution in [0.3, 0.4) is 0 Å². The van der Waals surface area contributed by atoms with E-state index in [4.69, 9.17) is 5.14 Å². The second-order valence-electron chi connectivity index (χ2n) is 6.72. The van der Waals surface area contributed by atoms with Gasteiger partial charge < -0.3 is 4.90 Å². The lowest BCUT2D eigenvalue weighted by Crippen LogP contribution is -2.38. The summed E-state index contributed by atoms with van der Waals surface area (Å²) in [7, 11) is -1.32. The Balaban J connectivity index is 1.65. The van der Waals surface area contributed by atoms with Gasteiger partial charge in [-0.05, 0) is 24.8 Å². The van der Waals surface area contributed by atoms with Gasteiger partial charge in [0.15, 0.2) is 11.5 Å². The molecule has 0 spiro atoms. The molecule has 28 heavy (non-hydrogen) atoms. The molecule has 8 nitrogen and oxygen atoms in total. The molecule has 1 aliphatic rings. The van der Waals surface area contributed by atoms with Gasteiger partial charge in [0.1, 0.15) is 17.2 Å². The molecule has 4 rings (SSSR count). The molecule has 0 amide bonds. The van der Waals surface area contributed by atoms with Crippen LogP contribution in [0.5, 0.6) is 0 Å². The molecule has 0 aliphatic carbocycles. The van der Waals surface area contributed by atoms with Gasteiger partial charge in [0.05, 0.1) is 23.4 Å². The molecule has 3 aromatic rings. The number of halogens is 2. The van der Waals surface area contributed by atoms with E-state index in [1.54, 1.807) is 18.5 Å². The Kier molecular flexibility index (Phi) is 5.27. The third kappa shape index (κ3) is 3.85. The molecule has 2 N–H and O–H groups in total. The fourth-order valence-corrected chi connectivity index (χ4v) is 4.21. The first-order valence-electron chi connectivity index (χ1n) is 8.83. The lowest BCUT2D eigenvalue weighted by atomic mass is 10.0. The molecule has 2 atom stereocenters. The number of nitrogens with two attached hydrogens (primary N) is 1. The molecular weight excluding hydrogens is 388 g/mol. The molecule has 0 saturated carbocycles. The Bertz CT molecular complexity index is 1010. The molecule has 1 saturated heterocycles. The van der Waals surface area contributed by atoms with Gasteiger partial charge in [0.25, 0.3) is 6.43 Å². The number of fused-ring (bicyclic) bond motifs is 1. The van der Waals surface area contributed by atoms with Crippen LogP contribution in [0, 0.1) is 5.92 Å². The van der Waals surface area contributed by atoms with Crippen LogP contribution in [0.4, 0.5) is 14.6 Å². The number of imidazole rings is 1. The van der Waals surface area contributed by atoms with Crippen molar-refractivity contribution in [2.45, 2.75) is 19.3 Å². The summed E-state index contributed by atoms with van der Waals surface area (Å²) in [4.78, 5) is 18.9. The quantitative estimate of drug-likeness (QED) is 0.694. The Morgan fingerprint density at radius 1 is 1.29 bits per heavy atom. The van der Waals surface area contributed by atoms with Gasteiger partial charge in [-0.3, -0.25) is 9.54 Å². The third-order valence-electron chi connectivity index (χ3n) is 4.75. The largest absolute Gasteiger partial charge is 0.356 e. The van der Waals surface area contributed by atoms with Gasteiger partial charge >= 0.3 is 0 Å². The molecule has 2 unspecified atom stereocenters. The monoisotopic (exact) mass is 407 g/mol. The first-order valence-corrected chi connectivity index (χ1v) is 10.2. The Hall–Kier alpha value is -2.53. The summed E-state index contributed by atoms with van der Waals surface area (Å²) in [5, 5.41) is 5.44. The molecule has 0 aromatic carbocycles. The van der Waals surface area contributed by atoms with E-state index in [0.717, 1.165) is 25.2 Å². The maximum absolute atomic E-state index is 13.0. The van der Waals surface area contributed by atoms with Crippen molar-refractivity contribution < 1.29 is 13.0 Å². The van der Waals surface area contributed by atoms with Gasteiger partial charge in [0, 0.05) is 31.2 Å². The van der Waals surface area contributed by atoms with Crippen molar-refractivity contribution in [3.63, 3.8) is 0 Å². The van der Waals surface area contributed by atoms with E-state index in [1.165, 1.54) is 16.8 Å². The van der Waals surface area contributed by atoms with E-state index in [2.05, 4.69) is 24.8 Å². The summed E-state index contributed by atoms with van der Waals surface area (Å²) in [5.41, 5.74) is 0.617. The molecule has 1 aliphatic heterocycles. The summed E-state index contributed by atoms with van der Waals surface area (Å²) >= 11 is 0. The highest BCUT2D eigenvalue weighted by Gasteiger charge is 2.23. The van der Waals surface area contributed by atoms with Crippen molar-refractivity contribution in [3.8, 4) is 11.5 Å². The SMILES string of the molecule is NS(=O)CC1CCCN(c2ccnc(-c3cnc4cnc(C(F)F)cn34)n2)C1. The number of nitrogens with zero attached hydrogens (tertiary/aromatic N) is 6. The molecule has 3 aromatic heterocycles. The Labute approximate surface area is 162 Å². The fourth-order valence-electron chi connectivity index (χ4n) is 3.47. The number of hydrogen-bond donors (Lipinski definition) is 1. The summed E-state index contributed by atoms with van der Waals surface area (Å²) in [6.07, 6.45) is 5.00. The lowest BCUT2D eigenvalue weighted by molar-refractivity contribution is 0.145. The third-order valence-corrected chi connectivity index (χ3v) is 5.55. The maximum Gasteiger partial charge on any atom is 0.281 e. The van der Waals surface area contributed by atoms with Crippen molar-refractivity contribution in [2.24, 2.45) is 11.1 Å². The summed E-state index contributed by atoms with van der Waals surface area (Å²) in [6.45, 7) is 1.54. The molecule has 0 radical (unpaired) electrons. The Morgan fingerprint density at radius 2 is 2.14 bits per heavy atom. The van der Waals surface area contributed by atoms with Gasteiger partial charge in [-0.1, -0.05) is 0 Å². The van der Waals surface area contributed by atoms with Crippen LogP contribution in [0.25, 0.3) is 17.2 Å². The van der Waals surface area contributed by atoms with E-state index in [-0.39, 0.29) is 11.6 Å². The number of rotatable bonds is 5. The van der Waals surface area contributed by atoms with Crippen molar-refractivity contribution in [2.75, 3.05) is 23.7 Å². The Morgan fingerprint density at radius 3 is 2.93 bits per heavy atom. The number of piperidine rings is 1. The van der Waals surface area contributed by atoms with Gasteiger partial charge in [-0.2, -0.15) is 0 Å². The number of hydrogen-bond acceptors (Lipinski definition) is 6. The van der Waals surface area contributed by atoms with Gasteiger partial charge in [-0.15, -0.1) is 0 Å². The topological polar surface area (TPSA) is 102 Å². The van der Waals surface area contributed by atoms with Crippen LogP contribution in [0.15, 0.2) is 30.9 Å². The standard InChI is InChI=1S/C17H19F2N7OS/c18-16(19)12-9-26-13(6-23-15(26)7-22-12)17-21-4-3-14(24-17)25-5-1-2-11(8-25)10-28(20)27/h3-4,6-7,9,11,16H,1-2,5,8,10,20H2. The minimum absolute atomic E-state index is 0.244. The predicted molar refractivity (Wildman–Crippen MR) is 101 cm³/mol. The van der Waals surface area contributed by atoms with Gasteiger partial charge in [-0.25, -0.2) is 32.9 Å². The highest BCUT2D eigenvalue weighted by molar-refractivity contribution is 7.82. The van der Waals surface area contributed by atoms with Crippen molar-refractivity contribution in [3.05, 3.63) is 36.5 Å². The van der Waals surface area contributed by atoms with Crippen LogP contribution < -0.4 is 10.0 Å². The van der Waals surface area contributed by atoms with Crippen LogP contribution in [0.1, 0.15) is 25.0 Å². The molecule has 4 heterocycles. The smallest absolute Gasteiger partial charge is 0.281 e. The maximum atomic E-state index is 13.0. The first kappa shape index (κ1) is 18.8. The fraction of sp³-hybridized carbons (Fsp3) is 0.412. The second-order valence-corrected chi connectivity index (χ2v) is 7.82. The van der Waals surface area contributed by atoms with Crippen molar-refractivity contribution in [1.29, 1.82) is 0 Å². The number of aromatic nitrogens is 5. The van der Waals surface area contributed by atoms with Crippen LogP contribution in [-0.2, 0) is 11.0 Å². The molecule has 0 bridgehead atoms. The van der Waals surface area contributed by atoms with Crippen LogP contribution >= 0.6 is 0 Å². The van der Waals surface area contributed by atoms with E-state index in [1.807, 2.05) is 0 Å². The van der Waals surface area contributed by atoms with Crippen molar-refractivity contribution >= 4 is 22.5 Å². The van der Waals surface area contributed by atoms with E-state index in [9.17, 15) is 13.0 Å². The van der Waals surface area contributed by atoms with Crippen LogP contribution in [-0.4, -0.2) is 47.4 Å². The molecular formula is C17H19F2N7OS. The van der Waals surface area contributed by atoms with Crippen molar-refractivity contribution in [1.82, 2.24) is 24.3 Å². The number of anilines is 1. The second kappa shape index (κ2) is 7.84. The van der Waals surface area contributed by atoms with E-state index in [0.29, 0.717) is 29.5 Å². The molecule has 11 heteroatoms. The average molecular weight is 407 g/mol. The molecule has 1 fully saturated rings. The number of alkyl halides is 2. The van der Waals surface area contributed by atoms with Crippen LogP contribution in [0.2, 0.25) is 0 Å². The minimum atomic E-state index is -2.68. The summed E-state index contributed by atoms with van der Waals surface area (Å²) in [5.74, 6) is 1.83. The highest BCUT2D eigenvalue weighted by atomic mass is 32.2. The first-order chi connectivity index (χ1) is 13.5. The predicted octanol–water partition coefficient (Wildman–Crippen LogP) is 1.96. The van der Waals surface area contributed by atoms with E-state index < -0.39 is 17.4 Å². The minimum Gasteiger partial charge on any atom is -0.356 e. The van der Waals surface area contributed by atoms with E-state index >= 15 is 0 Å². The zero-order valence-corrected chi connectivity index (χ0v) is 15.7. The zero-order valence-electron chi connectivity index (χ0n) is 14.9. The average Bonchev–Trinajstić information content (AvgIpc) is 3.11. The lowest BCUT2D eigenvalue weighted by Gasteiger charge is -2.33. The summed E-state index contributed by atoms with van der Waals surface area (Å²) < 4.78 is 38.9. The molecule has 148 valence electrons. The summed E-state index contributed by atoms with van der Waals surface area (Å²) in [6, 6.07) is 1.81. The zero-order chi connectivity index (χ0) is 19.7. The highest BCUT2D eigenvalue weighted by Crippen LogP contribution is 2.25. The normalized spacial score (nSPS) is 18.7.